The van der Waals surface area contributed by atoms with Gasteiger partial charge in [0.25, 0.3) is 10.0 Å². The van der Waals surface area contributed by atoms with Crippen LogP contribution in [0.1, 0.15) is 34.2 Å². The molecule has 0 amide bonds. The van der Waals surface area contributed by atoms with Crippen molar-refractivity contribution < 1.29 is 22.7 Å². The normalized spacial score (nSPS) is 11.6. The first-order chi connectivity index (χ1) is 17.0. The molecule has 1 radical (unpaired) electrons. The van der Waals surface area contributed by atoms with Gasteiger partial charge < -0.3 is 9.52 Å². The zero-order valence-corrected chi connectivity index (χ0v) is 21.9. The number of halogens is 2. The highest BCUT2D eigenvalue weighted by Gasteiger charge is 2.28. The Labute approximate surface area is 219 Å². The van der Waals surface area contributed by atoms with Gasteiger partial charge in [-0.05, 0) is 74.4 Å². The SMILES string of the molecule is [CH2]c1ccccc1N(Cl)Cc1cc(Cl)ccc1N(CC)S(=O)(=O)c1ccc2oc(C(=O)O)c(C)c2c1. The minimum atomic E-state index is -4.04. The predicted octanol–water partition coefficient (Wildman–Crippen LogP) is 6.65. The molecule has 4 aromatic rings. The summed E-state index contributed by atoms with van der Waals surface area (Å²) < 4.78 is 35.7. The molecular formula is C26H23Cl2N2O5S. The monoisotopic (exact) mass is 545 g/mol. The van der Waals surface area contributed by atoms with E-state index in [9.17, 15) is 18.3 Å². The van der Waals surface area contributed by atoms with E-state index in [0.29, 0.717) is 38.5 Å². The lowest BCUT2D eigenvalue weighted by atomic mass is 10.1. The number of aryl methyl sites for hydroxylation is 1. The number of benzene rings is 3. The van der Waals surface area contributed by atoms with Gasteiger partial charge in [0.05, 0.1) is 22.8 Å². The average molecular weight is 546 g/mol. The van der Waals surface area contributed by atoms with Gasteiger partial charge in [-0.3, -0.25) is 8.72 Å². The molecule has 1 aromatic heterocycles. The molecule has 0 bridgehead atoms. The van der Waals surface area contributed by atoms with Gasteiger partial charge in [0, 0.05) is 34.3 Å². The molecule has 7 nitrogen and oxygen atoms in total. The highest BCUT2D eigenvalue weighted by Crippen LogP contribution is 2.34. The van der Waals surface area contributed by atoms with Crippen LogP contribution in [0.4, 0.5) is 11.4 Å². The summed E-state index contributed by atoms with van der Waals surface area (Å²) in [6.07, 6.45) is 0. The van der Waals surface area contributed by atoms with Crippen LogP contribution in [0.2, 0.25) is 5.02 Å². The molecule has 10 heteroatoms. The van der Waals surface area contributed by atoms with E-state index >= 15 is 0 Å². The Kier molecular flexibility index (Phi) is 7.22. The quantitative estimate of drug-likeness (QED) is 0.249. The van der Waals surface area contributed by atoms with Crippen molar-refractivity contribution in [2.24, 2.45) is 0 Å². The summed E-state index contributed by atoms with van der Waals surface area (Å²) in [5.41, 5.74) is 3.08. The van der Waals surface area contributed by atoms with Crippen molar-refractivity contribution in [3.05, 3.63) is 95.1 Å². The number of furan rings is 1. The number of aromatic carboxylic acids is 1. The molecule has 1 heterocycles. The molecule has 0 saturated heterocycles. The molecular weight excluding hydrogens is 523 g/mol. The minimum Gasteiger partial charge on any atom is -0.475 e. The fourth-order valence-electron chi connectivity index (χ4n) is 4.07. The molecule has 0 unspecified atom stereocenters. The third kappa shape index (κ3) is 4.76. The highest BCUT2D eigenvalue weighted by atomic mass is 35.5. The number of hydrogen-bond acceptors (Lipinski definition) is 5. The lowest BCUT2D eigenvalue weighted by Gasteiger charge is -2.27. The largest absolute Gasteiger partial charge is 0.475 e. The second kappa shape index (κ2) is 10.0. The predicted molar refractivity (Wildman–Crippen MR) is 143 cm³/mol. The van der Waals surface area contributed by atoms with E-state index in [1.54, 1.807) is 32.0 Å². The summed E-state index contributed by atoms with van der Waals surface area (Å²) >= 11 is 12.9. The zero-order valence-electron chi connectivity index (χ0n) is 19.5. The Bertz CT molecular complexity index is 1570. The van der Waals surface area contributed by atoms with Gasteiger partial charge in [0.2, 0.25) is 5.76 Å². The fraction of sp³-hybridized carbons (Fsp3) is 0.154. The number of nitrogens with zero attached hydrogens (tertiary/aromatic N) is 2. The van der Waals surface area contributed by atoms with Gasteiger partial charge in [0.15, 0.2) is 0 Å². The first-order valence-electron chi connectivity index (χ1n) is 11.0. The average Bonchev–Trinajstić information content (AvgIpc) is 3.17. The van der Waals surface area contributed by atoms with E-state index in [2.05, 4.69) is 6.92 Å². The van der Waals surface area contributed by atoms with Gasteiger partial charge in [0.1, 0.15) is 5.58 Å². The van der Waals surface area contributed by atoms with Crippen LogP contribution in [-0.4, -0.2) is 26.0 Å². The second-order valence-corrected chi connectivity index (χ2v) is 10.8. The Morgan fingerprint density at radius 2 is 1.81 bits per heavy atom. The maximum Gasteiger partial charge on any atom is 0.372 e. The molecule has 3 aromatic carbocycles. The maximum absolute atomic E-state index is 13.8. The smallest absolute Gasteiger partial charge is 0.372 e. The number of anilines is 2. The van der Waals surface area contributed by atoms with E-state index < -0.39 is 16.0 Å². The first-order valence-corrected chi connectivity index (χ1v) is 13.1. The van der Waals surface area contributed by atoms with Crippen LogP contribution in [0.5, 0.6) is 0 Å². The van der Waals surface area contributed by atoms with Crippen LogP contribution in [0.3, 0.4) is 0 Å². The summed E-state index contributed by atoms with van der Waals surface area (Å²) in [4.78, 5) is 11.4. The lowest BCUT2D eigenvalue weighted by Crippen LogP contribution is -2.32. The first kappa shape index (κ1) is 25.9. The number of hydrogen-bond donors (Lipinski definition) is 1. The van der Waals surface area contributed by atoms with Gasteiger partial charge in [-0.2, -0.15) is 0 Å². The van der Waals surface area contributed by atoms with E-state index in [-0.39, 0.29) is 23.7 Å². The van der Waals surface area contributed by atoms with Crippen molar-refractivity contribution >= 4 is 61.7 Å². The van der Waals surface area contributed by atoms with Crippen molar-refractivity contribution in [2.75, 3.05) is 15.3 Å². The molecule has 0 atom stereocenters. The number of fused-ring (bicyclic) bond motifs is 1. The van der Waals surface area contributed by atoms with Crippen LogP contribution in [0, 0.1) is 13.8 Å². The van der Waals surface area contributed by atoms with E-state index in [1.807, 2.05) is 24.3 Å². The third-order valence-electron chi connectivity index (χ3n) is 5.85. The van der Waals surface area contributed by atoms with Crippen LogP contribution >= 0.6 is 23.4 Å². The van der Waals surface area contributed by atoms with Gasteiger partial charge in [-0.1, -0.05) is 29.8 Å². The van der Waals surface area contributed by atoms with Crippen LogP contribution < -0.4 is 8.72 Å². The van der Waals surface area contributed by atoms with Gasteiger partial charge in [-0.25, -0.2) is 13.2 Å². The highest BCUT2D eigenvalue weighted by molar-refractivity contribution is 7.92. The lowest BCUT2D eigenvalue weighted by molar-refractivity contribution is 0.0664. The molecule has 1 N–H and O–H groups in total. The molecule has 36 heavy (non-hydrogen) atoms. The summed E-state index contributed by atoms with van der Waals surface area (Å²) in [6, 6.07) is 16.6. The molecule has 4 rings (SSSR count). The number of carbonyl (C=O) groups is 1. The third-order valence-corrected chi connectivity index (χ3v) is 8.27. The maximum atomic E-state index is 13.8. The number of carboxylic acids is 1. The van der Waals surface area contributed by atoms with Crippen molar-refractivity contribution in [1.82, 2.24) is 0 Å². The molecule has 0 aliphatic heterocycles. The Balaban J connectivity index is 1.77. The topological polar surface area (TPSA) is 91.1 Å². The molecule has 0 aliphatic carbocycles. The molecule has 0 saturated carbocycles. The fourth-order valence-corrected chi connectivity index (χ4v) is 6.09. The minimum absolute atomic E-state index is 0.00409. The molecule has 0 fully saturated rings. The number of sulfonamides is 1. The number of carboxylic acid groups (broad SMARTS) is 1. The van der Waals surface area contributed by atoms with Gasteiger partial charge >= 0.3 is 5.97 Å². The standard InChI is InChI=1S/C26H23Cl2N2O5S/c1-4-30(36(33,34)20-10-12-24-21(14-20)17(3)25(35-24)26(31)32)23-11-9-19(27)13-18(23)15-29(28)22-8-6-5-7-16(22)2/h5-14H,2,4,15H2,1,3H3,(H,31,32). The Morgan fingerprint density at radius 3 is 2.47 bits per heavy atom. The van der Waals surface area contributed by atoms with Crippen LogP contribution in [-0.2, 0) is 16.6 Å². The van der Waals surface area contributed by atoms with E-state index in [0.717, 1.165) is 5.56 Å². The van der Waals surface area contributed by atoms with Crippen LogP contribution in [0.15, 0.2) is 70.0 Å². The Hall–Kier alpha value is -3.20. The number of rotatable bonds is 8. The zero-order chi connectivity index (χ0) is 26.2. The Morgan fingerprint density at radius 1 is 1.08 bits per heavy atom. The summed E-state index contributed by atoms with van der Waals surface area (Å²) in [6.45, 7) is 7.60. The summed E-state index contributed by atoms with van der Waals surface area (Å²) in [5.74, 6) is -1.44. The van der Waals surface area contributed by atoms with Crippen molar-refractivity contribution in [1.29, 1.82) is 0 Å². The summed E-state index contributed by atoms with van der Waals surface area (Å²) in [5, 5.41) is 10.2. The molecule has 0 spiro atoms. The van der Waals surface area contributed by atoms with E-state index in [4.69, 9.17) is 27.8 Å². The van der Waals surface area contributed by atoms with Crippen molar-refractivity contribution in [3.8, 4) is 0 Å². The van der Waals surface area contributed by atoms with Gasteiger partial charge in [-0.15, -0.1) is 0 Å². The van der Waals surface area contributed by atoms with Crippen molar-refractivity contribution in [3.63, 3.8) is 0 Å². The van der Waals surface area contributed by atoms with Crippen LogP contribution in [0.25, 0.3) is 11.0 Å². The van der Waals surface area contributed by atoms with Crippen molar-refractivity contribution in [2.45, 2.75) is 25.3 Å². The second-order valence-electron chi connectivity index (χ2n) is 8.11. The summed E-state index contributed by atoms with van der Waals surface area (Å²) in [7, 11) is -4.04. The molecule has 187 valence electrons. The number of para-hydroxylation sites is 1. The molecule has 0 aliphatic rings. The van der Waals surface area contributed by atoms with E-state index in [1.165, 1.54) is 26.9 Å².